The summed E-state index contributed by atoms with van der Waals surface area (Å²) in [6.07, 6.45) is 1.76. The molecular weight excluding hydrogens is 290 g/mol. The van der Waals surface area contributed by atoms with E-state index in [-0.39, 0.29) is 11.9 Å². The first-order valence-corrected chi connectivity index (χ1v) is 7.19. The third-order valence-electron chi connectivity index (χ3n) is 3.52. The van der Waals surface area contributed by atoms with Crippen molar-refractivity contribution in [2.24, 2.45) is 0 Å². The summed E-state index contributed by atoms with van der Waals surface area (Å²) in [6, 6.07) is 6.74. The van der Waals surface area contributed by atoms with E-state index < -0.39 is 0 Å². The topological polar surface area (TPSA) is 58.2 Å². The zero-order valence-electron chi connectivity index (χ0n) is 11.7. The predicted molar refractivity (Wildman–Crippen MR) is 79.4 cm³/mol. The minimum Gasteiger partial charge on any atom is -0.377 e. The van der Waals surface area contributed by atoms with Crippen LogP contribution >= 0.6 is 11.6 Å². The molecule has 1 unspecified atom stereocenters. The number of aryl methyl sites for hydroxylation is 1. The van der Waals surface area contributed by atoms with Crippen LogP contribution in [-0.4, -0.2) is 40.5 Å². The summed E-state index contributed by atoms with van der Waals surface area (Å²) in [6.45, 7) is 3.47. The number of morpholine rings is 1. The van der Waals surface area contributed by atoms with E-state index in [0.717, 1.165) is 11.5 Å². The Hall–Kier alpha value is -1.85. The van der Waals surface area contributed by atoms with E-state index in [2.05, 4.69) is 9.97 Å². The lowest BCUT2D eigenvalue weighted by molar-refractivity contribution is -0.00500. The van der Waals surface area contributed by atoms with Gasteiger partial charge in [0.05, 0.1) is 13.2 Å². The normalized spacial score (nSPS) is 18.8. The third kappa shape index (κ3) is 2.94. The zero-order valence-corrected chi connectivity index (χ0v) is 12.4. The molecule has 2 heterocycles. The summed E-state index contributed by atoms with van der Waals surface area (Å²) in [4.78, 5) is 22.0. The highest BCUT2D eigenvalue weighted by molar-refractivity contribution is 6.30. The van der Waals surface area contributed by atoms with Crippen molar-refractivity contribution in [2.75, 3.05) is 19.8 Å². The molecule has 0 aliphatic carbocycles. The molecule has 0 saturated carbocycles. The van der Waals surface area contributed by atoms with Crippen LogP contribution in [0.15, 0.2) is 30.5 Å². The third-order valence-corrected chi connectivity index (χ3v) is 3.77. The number of imidazole rings is 1. The van der Waals surface area contributed by atoms with Crippen LogP contribution in [-0.2, 0) is 4.74 Å². The number of halogens is 1. The van der Waals surface area contributed by atoms with Crippen molar-refractivity contribution >= 4 is 17.5 Å². The van der Waals surface area contributed by atoms with Gasteiger partial charge < -0.3 is 14.6 Å². The fourth-order valence-corrected chi connectivity index (χ4v) is 2.56. The fraction of sp³-hybridized carbons (Fsp3) is 0.333. The number of nitrogens with one attached hydrogen (secondary N) is 1. The van der Waals surface area contributed by atoms with Gasteiger partial charge in [0, 0.05) is 29.0 Å². The number of aromatic nitrogens is 2. The summed E-state index contributed by atoms with van der Waals surface area (Å²) >= 11 is 5.87. The number of carbonyl (C=O) groups is 1. The van der Waals surface area contributed by atoms with Gasteiger partial charge in [-0.15, -0.1) is 0 Å². The Morgan fingerprint density at radius 1 is 1.43 bits per heavy atom. The molecule has 1 atom stereocenters. The number of nitrogens with zero attached hydrogens (tertiary/aromatic N) is 2. The van der Waals surface area contributed by atoms with Crippen molar-refractivity contribution in [1.82, 2.24) is 14.9 Å². The van der Waals surface area contributed by atoms with E-state index >= 15 is 0 Å². The highest BCUT2D eigenvalue weighted by Gasteiger charge is 2.31. The fourth-order valence-electron chi connectivity index (χ4n) is 2.43. The Balaban J connectivity index is 1.87. The van der Waals surface area contributed by atoms with E-state index in [9.17, 15) is 4.79 Å². The smallest absolute Gasteiger partial charge is 0.254 e. The highest BCUT2D eigenvalue weighted by atomic mass is 35.5. The van der Waals surface area contributed by atoms with Crippen LogP contribution in [0.3, 0.4) is 0 Å². The first kappa shape index (κ1) is 14.1. The minimum atomic E-state index is -0.185. The number of hydrogen-bond acceptors (Lipinski definition) is 3. The van der Waals surface area contributed by atoms with Crippen LogP contribution in [0.1, 0.15) is 27.9 Å². The quantitative estimate of drug-likeness (QED) is 0.928. The molecule has 1 fully saturated rings. The average molecular weight is 306 g/mol. The Kier molecular flexibility index (Phi) is 3.94. The van der Waals surface area contributed by atoms with Gasteiger partial charge in [-0.2, -0.15) is 0 Å². The molecule has 3 rings (SSSR count). The van der Waals surface area contributed by atoms with Gasteiger partial charge in [-0.3, -0.25) is 4.79 Å². The van der Waals surface area contributed by atoms with Crippen LogP contribution in [0.5, 0.6) is 0 Å². The SMILES string of the molecule is Cc1cnc(C2COCCN2C(=O)c2ccc(Cl)cc2)[nH]1. The Bertz CT molecular complexity index is 639. The van der Waals surface area contributed by atoms with E-state index in [0.29, 0.717) is 30.3 Å². The molecular formula is C15H16ClN3O2. The first-order chi connectivity index (χ1) is 10.1. The summed E-state index contributed by atoms with van der Waals surface area (Å²) in [5.74, 6) is 0.725. The van der Waals surface area contributed by atoms with E-state index in [1.165, 1.54) is 0 Å². The van der Waals surface area contributed by atoms with Gasteiger partial charge in [0.15, 0.2) is 0 Å². The minimum absolute atomic E-state index is 0.0333. The van der Waals surface area contributed by atoms with Crippen molar-refractivity contribution in [1.29, 1.82) is 0 Å². The van der Waals surface area contributed by atoms with Crippen LogP contribution in [0.2, 0.25) is 5.02 Å². The van der Waals surface area contributed by atoms with Gasteiger partial charge in [0.1, 0.15) is 11.9 Å². The molecule has 0 spiro atoms. The van der Waals surface area contributed by atoms with E-state index in [1.807, 2.05) is 6.92 Å². The molecule has 2 aromatic rings. The summed E-state index contributed by atoms with van der Waals surface area (Å²) in [5.41, 5.74) is 1.59. The van der Waals surface area contributed by atoms with Gasteiger partial charge in [0.25, 0.3) is 5.91 Å². The summed E-state index contributed by atoms with van der Waals surface area (Å²) < 4.78 is 5.51. The number of H-pyrrole nitrogens is 1. The van der Waals surface area contributed by atoms with Gasteiger partial charge in [-0.05, 0) is 31.2 Å². The van der Waals surface area contributed by atoms with Gasteiger partial charge in [0.2, 0.25) is 0 Å². The second-order valence-corrected chi connectivity index (χ2v) is 5.48. The van der Waals surface area contributed by atoms with Crippen LogP contribution in [0.4, 0.5) is 0 Å². The molecule has 1 aliphatic rings. The van der Waals surface area contributed by atoms with Crippen LogP contribution in [0.25, 0.3) is 0 Å². The number of amides is 1. The van der Waals surface area contributed by atoms with Crippen molar-refractivity contribution in [3.05, 3.63) is 52.6 Å². The molecule has 1 aliphatic heterocycles. The summed E-state index contributed by atoms with van der Waals surface area (Å²) in [7, 11) is 0. The van der Waals surface area contributed by atoms with Crippen molar-refractivity contribution in [3.63, 3.8) is 0 Å². The lowest BCUT2D eigenvalue weighted by Crippen LogP contribution is -2.43. The second-order valence-electron chi connectivity index (χ2n) is 5.05. The molecule has 6 heteroatoms. The molecule has 1 aromatic heterocycles. The molecule has 1 N–H and O–H groups in total. The lowest BCUT2D eigenvalue weighted by atomic mass is 10.1. The molecule has 0 radical (unpaired) electrons. The number of carbonyl (C=O) groups excluding carboxylic acids is 1. The standard InChI is InChI=1S/C15H16ClN3O2/c1-10-8-17-14(18-10)13-9-21-7-6-19(13)15(20)11-2-4-12(16)5-3-11/h2-5,8,13H,6-7,9H2,1H3,(H,17,18). The number of ether oxygens (including phenoxy) is 1. The number of rotatable bonds is 2. The molecule has 1 amide bonds. The highest BCUT2D eigenvalue weighted by Crippen LogP contribution is 2.24. The maximum absolute atomic E-state index is 12.7. The Labute approximate surface area is 127 Å². The van der Waals surface area contributed by atoms with Crippen LogP contribution < -0.4 is 0 Å². The summed E-state index contributed by atoms with van der Waals surface area (Å²) in [5, 5.41) is 0.617. The van der Waals surface area contributed by atoms with Crippen molar-refractivity contribution < 1.29 is 9.53 Å². The van der Waals surface area contributed by atoms with Gasteiger partial charge >= 0.3 is 0 Å². The first-order valence-electron chi connectivity index (χ1n) is 6.81. The maximum Gasteiger partial charge on any atom is 0.254 e. The Morgan fingerprint density at radius 3 is 2.86 bits per heavy atom. The molecule has 1 saturated heterocycles. The zero-order chi connectivity index (χ0) is 14.8. The molecule has 1 aromatic carbocycles. The maximum atomic E-state index is 12.7. The van der Waals surface area contributed by atoms with E-state index in [1.54, 1.807) is 35.4 Å². The molecule has 0 bridgehead atoms. The predicted octanol–water partition coefficient (Wildman–Crippen LogP) is 2.59. The Morgan fingerprint density at radius 2 is 2.19 bits per heavy atom. The van der Waals surface area contributed by atoms with Crippen LogP contribution in [0, 0.1) is 6.92 Å². The molecule has 21 heavy (non-hydrogen) atoms. The number of benzene rings is 1. The number of aromatic amines is 1. The average Bonchev–Trinajstić information content (AvgIpc) is 2.94. The van der Waals surface area contributed by atoms with Gasteiger partial charge in [-0.1, -0.05) is 11.6 Å². The lowest BCUT2D eigenvalue weighted by Gasteiger charge is -2.34. The largest absolute Gasteiger partial charge is 0.377 e. The molecule has 5 nitrogen and oxygen atoms in total. The molecule has 110 valence electrons. The van der Waals surface area contributed by atoms with Gasteiger partial charge in [-0.25, -0.2) is 4.98 Å². The van der Waals surface area contributed by atoms with Crippen molar-refractivity contribution in [3.8, 4) is 0 Å². The second kappa shape index (κ2) is 5.87. The van der Waals surface area contributed by atoms with Crippen molar-refractivity contribution in [2.45, 2.75) is 13.0 Å². The number of hydrogen-bond donors (Lipinski definition) is 1. The monoisotopic (exact) mass is 305 g/mol. The van der Waals surface area contributed by atoms with E-state index in [4.69, 9.17) is 16.3 Å².